The third kappa shape index (κ3) is 3.68. The quantitative estimate of drug-likeness (QED) is 0.170. The molecule has 2 atom stereocenters. The molecule has 0 radical (unpaired) electrons. The predicted octanol–water partition coefficient (Wildman–Crippen LogP) is 13.3. The average molecular weight is 668 g/mol. The summed E-state index contributed by atoms with van der Waals surface area (Å²) in [4.78, 5) is 2.77. The number of anilines is 2. The first-order chi connectivity index (χ1) is 25.5. The van der Waals surface area contributed by atoms with Crippen molar-refractivity contribution in [3.63, 3.8) is 0 Å². The van der Waals surface area contributed by atoms with Gasteiger partial charge in [0.2, 0.25) is 0 Å². The summed E-state index contributed by atoms with van der Waals surface area (Å²) in [5.41, 5.74) is 11.8. The molecule has 1 fully saturated rings. The lowest BCUT2D eigenvalue weighted by Gasteiger charge is -2.50. The maximum Gasteiger partial charge on any atom is 0.0714 e. The van der Waals surface area contributed by atoms with E-state index >= 15 is 0 Å². The summed E-state index contributed by atoms with van der Waals surface area (Å²) in [6.45, 7) is 5.12. The lowest BCUT2D eigenvalue weighted by Crippen LogP contribution is -2.54. The summed E-state index contributed by atoms with van der Waals surface area (Å²) in [6, 6.07) is 62.2. The number of hydrogen-bond donors (Lipinski definition) is 0. The van der Waals surface area contributed by atoms with E-state index in [9.17, 15) is 0 Å². The molecular formula is C51H41N. The maximum atomic E-state index is 2.77. The fourth-order valence-corrected chi connectivity index (χ4v) is 11.2. The van der Waals surface area contributed by atoms with E-state index in [1.54, 1.807) is 0 Å². The lowest BCUT2D eigenvalue weighted by atomic mass is 9.61. The zero-order chi connectivity index (χ0) is 34.7. The van der Waals surface area contributed by atoms with Crippen LogP contribution in [0.2, 0.25) is 0 Å². The Morgan fingerprint density at radius 1 is 0.481 bits per heavy atom. The van der Waals surface area contributed by atoms with Gasteiger partial charge in [-0.15, -0.1) is 0 Å². The Morgan fingerprint density at radius 3 is 1.85 bits per heavy atom. The molecule has 0 bridgehead atoms. The van der Waals surface area contributed by atoms with E-state index < -0.39 is 5.41 Å². The Balaban J connectivity index is 1.25. The Kier molecular flexibility index (Phi) is 6.17. The first-order valence-corrected chi connectivity index (χ1v) is 19.1. The topological polar surface area (TPSA) is 3.24 Å². The van der Waals surface area contributed by atoms with Crippen molar-refractivity contribution < 1.29 is 0 Å². The molecule has 3 aliphatic rings. The van der Waals surface area contributed by atoms with Gasteiger partial charge in [0, 0.05) is 16.8 Å². The van der Waals surface area contributed by atoms with Gasteiger partial charge in [0.05, 0.1) is 11.0 Å². The number of hydrogen-bond acceptors (Lipinski definition) is 1. The molecule has 1 nitrogen and oxygen atoms in total. The highest BCUT2D eigenvalue weighted by molar-refractivity contribution is 6.14. The van der Waals surface area contributed by atoms with Gasteiger partial charge in [0.25, 0.3) is 0 Å². The van der Waals surface area contributed by atoms with Gasteiger partial charge < -0.3 is 4.90 Å². The van der Waals surface area contributed by atoms with E-state index in [0.29, 0.717) is 0 Å². The van der Waals surface area contributed by atoms with E-state index in [-0.39, 0.29) is 11.0 Å². The molecule has 1 saturated carbocycles. The fraction of sp³-hybridized carbons (Fsp3) is 0.176. The van der Waals surface area contributed by atoms with Crippen molar-refractivity contribution in [1.29, 1.82) is 0 Å². The molecule has 0 saturated heterocycles. The van der Waals surface area contributed by atoms with Gasteiger partial charge in [0.15, 0.2) is 0 Å². The van der Waals surface area contributed by atoms with Crippen LogP contribution in [-0.4, -0.2) is 5.54 Å². The summed E-state index contributed by atoms with van der Waals surface area (Å²) < 4.78 is 0. The maximum absolute atomic E-state index is 2.77. The standard InChI is InChI=1S/C51H41N/c1-49-31-13-14-32-50(49,2)52(46-30-24-35-16-10-12-22-40(35)48(46)49)38-25-27-43-45(33-38)51(36-17-5-3-6-18-36,37-19-7-4-8-20-37)44-29-28-41-39-21-11-9-15-34(39)23-26-42(41)47(43)44/h3-12,15-30,33H,13-14,31-32H2,1-2H3. The van der Waals surface area contributed by atoms with Gasteiger partial charge in [-0.05, 0) is 109 Å². The predicted molar refractivity (Wildman–Crippen MR) is 219 cm³/mol. The summed E-state index contributed by atoms with van der Waals surface area (Å²) >= 11 is 0. The van der Waals surface area contributed by atoms with Crippen molar-refractivity contribution in [3.8, 4) is 11.1 Å². The number of rotatable bonds is 3. The first-order valence-electron chi connectivity index (χ1n) is 19.1. The van der Waals surface area contributed by atoms with Crippen LogP contribution in [0.15, 0.2) is 164 Å². The zero-order valence-corrected chi connectivity index (χ0v) is 29.9. The molecule has 1 heterocycles. The Hall–Kier alpha value is -5.66. The molecule has 0 amide bonds. The van der Waals surface area contributed by atoms with Crippen LogP contribution in [0.3, 0.4) is 0 Å². The van der Waals surface area contributed by atoms with Crippen LogP contribution in [0.4, 0.5) is 11.4 Å². The Bertz CT molecular complexity index is 2690. The summed E-state index contributed by atoms with van der Waals surface area (Å²) in [7, 11) is 0. The van der Waals surface area contributed by atoms with Crippen molar-refractivity contribution in [2.45, 2.75) is 55.9 Å². The molecule has 1 heteroatoms. The first kappa shape index (κ1) is 30.0. The molecule has 0 spiro atoms. The van der Waals surface area contributed by atoms with E-state index in [4.69, 9.17) is 0 Å². The third-order valence-electron chi connectivity index (χ3n) is 13.7. The van der Waals surface area contributed by atoms with Gasteiger partial charge in [-0.3, -0.25) is 0 Å². The molecule has 8 aromatic rings. The summed E-state index contributed by atoms with van der Waals surface area (Å²) in [6.07, 6.45) is 4.90. The van der Waals surface area contributed by atoms with Gasteiger partial charge >= 0.3 is 0 Å². The van der Waals surface area contributed by atoms with Gasteiger partial charge in [-0.25, -0.2) is 0 Å². The van der Waals surface area contributed by atoms with Crippen molar-refractivity contribution in [2.24, 2.45) is 0 Å². The van der Waals surface area contributed by atoms with Crippen LogP contribution < -0.4 is 4.90 Å². The summed E-state index contributed by atoms with van der Waals surface area (Å²) in [5, 5.41) is 7.98. The van der Waals surface area contributed by atoms with Crippen LogP contribution in [0.5, 0.6) is 0 Å². The lowest BCUT2D eigenvalue weighted by molar-refractivity contribution is 0.196. The van der Waals surface area contributed by atoms with Crippen LogP contribution in [0.1, 0.15) is 67.3 Å². The minimum absolute atomic E-state index is 0.0383. The molecule has 52 heavy (non-hydrogen) atoms. The second-order valence-electron chi connectivity index (χ2n) is 15.9. The van der Waals surface area contributed by atoms with Crippen LogP contribution in [0, 0.1) is 0 Å². The van der Waals surface area contributed by atoms with Gasteiger partial charge in [0.1, 0.15) is 0 Å². The van der Waals surface area contributed by atoms with Gasteiger partial charge in [-0.2, -0.15) is 0 Å². The minimum Gasteiger partial charge on any atom is -0.334 e. The van der Waals surface area contributed by atoms with Crippen molar-refractivity contribution in [2.75, 3.05) is 4.90 Å². The number of benzene rings is 8. The van der Waals surface area contributed by atoms with E-state index in [2.05, 4.69) is 183 Å². The number of fused-ring (bicyclic) bond motifs is 12. The van der Waals surface area contributed by atoms with E-state index in [1.807, 2.05) is 0 Å². The third-order valence-corrected chi connectivity index (χ3v) is 13.7. The van der Waals surface area contributed by atoms with Crippen molar-refractivity contribution >= 4 is 43.7 Å². The zero-order valence-electron chi connectivity index (χ0n) is 29.9. The van der Waals surface area contributed by atoms with Crippen molar-refractivity contribution in [1.82, 2.24) is 0 Å². The normalized spacial score (nSPS) is 21.2. The molecular weight excluding hydrogens is 627 g/mol. The Labute approximate surface area is 306 Å². The highest BCUT2D eigenvalue weighted by Gasteiger charge is 2.58. The fourth-order valence-electron chi connectivity index (χ4n) is 11.2. The molecule has 2 aliphatic carbocycles. The highest BCUT2D eigenvalue weighted by Crippen LogP contribution is 2.64. The molecule has 250 valence electrons. The molecule has 2 unspecified atom stereocenters. The SMILES string of the molecule is CC12CCCCC1(C)N(c1ccc3c(c1)C(c1ccccc1)(c1ccccc1)c1ccc4c(ccc5ccccc54)c1-3)c1ccc3ccccc3c12. The molecule has 1 aliphatic heterocycles. The second-order valence-corrected chi connectivity index (χ2v) is 15.9. The monoisotopic (exact) mass is 667 g/mol. The summed E-state index contributed by atoms with van der Waals surface area (Å²) in [5.74, 6) is 0. The molecule has 0 aromatic heterocycles. The molecule has 11 rings (SSSR count). The van der Waals surface area contributed by atoms with Crippen LogP contribution in [0.25, 0.3) is 43.4 Å². The van der Waals surface area contributed by atoms with E-state index in [0.717, 1.165) is 0 Å². The number of nitrogens with zero attached hydrogens (tertiary/aromatic N) is 1. The molecule has 8 aromatic carbocycles. The largest absolute Gasteiger partial charge is 0.334 e. The van der Waals surface area contributed by atoms with Crippen LogP contribution in [-0.2, 0) is 10.8 Å². The van der Waals surface area contributed by atoms with Gasteiger partial charge in [-0.1, -0.05) is 165 Å². The molecule has 0 N–H and O–H groups in total. The average Bonchev–Trinajstić information content (AvgIpc) is 3.62. The van der Waals surface area contributed by atoms with Crippen LogP contribution >= 0.6 is 0 Å². The smallest absolute Gasteiger partial charge is 0.0714 e. The minimum atomic E-state index is -0.480. The van der Waals surface area contributed by atoms with Crippen molar-refractivity contribution in [3.05, 3.63) is 192 Å². The Morgan fingerprint density at radius 2 is 1.10 bits per heavy atom. The highest BCUT2D eigenvalue weighted by atomic mass is 15.3. The second kappa shape index (κ2) is 10.7. The van der Waals surface area contributed by atoms with E-state index in [1.165, 1.54) is 108 Å².